The Morgan fingerprint density at radius 1 is 1.39 bits per heavy atom. The third-order valence-electron chi connectivity index (χ3n) is 2.85. The van der Waals surface area contributed by atoms with Crippen molar-refractivity contribution in [3.8, 4) is 5.75 Å². The standard InChI is InChI=1S/C13H17FN2O2/c14-12-8-10(17)4-5-11(12)13(18)16-7-1-6-15-9-2-3-9/h4-5,8-9,15,17H,1-3,6-7H2,(H,16,18). The van der Waals surface area contributed by atoms with Crippen molar-refractivity contribution in [2.24, 2.45) is 0 Å². The number of rotatable bonds is 6. The predicted molar refractivity (Wildman–Crippen MR) is 66.0 cm³/mol. The van der Waals surface area contributed by atoms with Gasteiger partial charge in [-0.25, -0.2) is 4.39 Å². The molecule has 0 heterocycles. The SMILES string of the molecule is O=C(NCCCNC1CC1)c1ccc(O)cc1F. The van der Waals surface area contributed by atoms with E-state index in [0.717, 1.165) is 19.0 Å². The number of phenols is 1. The van der Waals surface area contributed by atoms with Crippen LogP contribution < -0.4 is 10.6 Å². The first-order valence-corrected chi connectivity index (χ1v) is 6.17. The highest BCUT2D eigenvalue weighted by Gasteiger charge is 2.19. The quantitative estimate of drug-likeness (QED) is 0.671. The zero-order valence-corrected chi connectivity index (χ0v) is 10.1. The third kappa shape index (κ3) is 3.70. The van der Waals surface area contributed by atoms with Crippen molar-refractivity contribution in [3.05, 3.63) is 29.6 Å². The molecule has 1 aromatic carbocycles. The molecule has 0 radical (unpaired) electrons. The minimum absolute atomic E-state index is 0.0389. The summed E-state index contributed by atoms with van der Waals surface area (Å²) in [7, 11) is 0. The number of hydrogen-bond acceptors (Lipinski definition) is 3. The van der Waals surface area contributed by atoms with E-state index in [1.54, 1.807) is 0 Å². The Bertz CT molecular complexity index is 433. The van der Waals surface area contributed by atoms with Gasteiger partial charge in [0.25, 0.3) is 5.91 Å². The molecule has 2 rings (SSSR count). The van der Waals surface area contributed by atoms with Crippen molar-refractivity contribution in [1.82, 2.24) is 10.6 Å². The van der Waals surface area contributed by atoms with Gasteiger partial charge in [-0.2, -0.15) is 0 Å². The van der Waals surface area contributed by atoms with Gasteiger partial charge in [-0.05, 0) is 37.9 Å². The van der Waals surface area contributed by atoms with Crippen molar-refractivity contribution in [3.63, 3.8) is 0 Å². The topological polar surface area (TPSA) is 61.4 Å². The van der Waals surface area contributed by atoms with Gasteiger partial charge in [0.1, 0.15) is 11.6 Å². The Morgan fingerprint density at radius 3 is 2.83 bits per heavy atom. The summed E-state index contributed by atoms with van der Waals surface area (Å²) in [4.78, 5) is 11.6. The zero-order chi connectivity index (χ0) is 13.0. The fourth-order valence-corrected chi connectivity index (χ4v) is 1.67. The molecule has 3 N–H and O–H groups in total. The van der Waals surface area contributed by atoms with Crippen LogP contribution in [-0.2, 0) is 0 Å². The van der Waals surface area contributed by atoms with E-state index in [0.29, 0.717) is 12.6 Å². The Labute approximate surface area is 105 Å². The normalized spacial score (nSPS) is 14.5. The van der Waals surface area contributed by atoms with Gasteiger partial charge in [-0.1, -0.05) is 0 Å². The second kappa shape index (κ2) is 5.82. The number of nitrogens with one attached hydrogen (secondary N) is 2. The van der Waals surface area contributed by atoms with Crippen molar-refractivity contribution < 1.29 is 14.3 Å². The Balaban J connectivity index is 1.72. The van der Waals surface area contributed by atoms with Gasteiger partial charge in [-0.3, -0.25) is 4.79 Å². The third-order valence-corrected chi connectivity index (χ3v) is 2.85. The molecular weight excluding hydrogens is 235 g/mol. The monoisotopic (exact) mass is 252 g/mol. The maximum absolute atomic E-state index is 13.4. The second-order valence-corrected chi connectivity index (χ2v) is 4.50. The largest absolute Gasteiger partial charge is 0.508 e. The van der Waals surface area contributed by atoms with E-state index in [4.69, 9.17) is 5.11 Å². The van der Waals surface area contributed by atoms with E-state index in [1.807, 2.05) is 0 Å². The van der Waals surface area contributed by atoms with Crippen LogP contribution in [0.4, 0.5) is 4.39 Å². The smallest absolute Gasteiger partial charge is 0.254 e. The van der Waals surface area contributed by atoms with Crippen LogP contribution in [0.5, 0.6) is 5.75 Å². The molecule has 4 nitrogen and oxygen atoms in total. The Kier molecular flexibility index (Phi) is 4.15. The van der Waals surface area contributed by atoms with Crippen LogP contribution in [0.15, 0.2) is 18.2 Å². The molecule has 1 aliphatic carbocycles. The molecule has 1 aromatic rings. The van der Waals surface area contributed by atoms with E-state index in [2.05, 4.69) is 10.6 Å². The Morgan fingerprint density at radius 2 is 2.17 bits per heavy atom. The second-order valence-electron chi connectivity index (χ2n) is 4.50. The predicted octanol–water partition coefficient (Wildman–Crippen LogP) is 1.40. The number of hydrogen-bond donors (Lipinski definition) is 3. The molecule has 5 heteroatoms. The highest BCUT2D eigenvalue weighted by molar-refractivity contribution is 5.94. The number of carbonyl (C=O) groups is 1. The molecule has 98 valence electrons. The summed E-state index contributed by atoms with van der Waals surface area (Å²) >= 11 is 0. The van der Waals surface area contributed by atoms with Gasteiger partial charge in [0.2, 0.25) is 0 Å². The van der Waals surface area contributed by atoms with Crippen LogP contribution in [0.1, 0.15) is 29.6 Å². The molecule has 0 spiro atoms. The van der Waals surface area contributed by atoms with Crippen LogP contribution in [0.25, 0.3) is 0 Å². The van der Waals surface area contributed by atoms with Gasteiger partial charge in [-0.15, -0.1) is 0 Å². The fraction of sp³-hybridized carbons (Fsp3) is 0.462. The minimum atomic E-state index is -0.705. The number of carbonyl (C=O) groups excluding carboxylic acids is 1. The van der Waals surface area contributed by atoms with E-state index >= 15 is 0 Å². The molecule has 1 aliphatic rings. The summed E-state index contributed by atoms with van der Waals surface area (Å²) in [6, 6.07) is 4.17. The van der Waals surface area contributed by atoms with Gasteiger partial charge in [0.05, 0.1) is 5.56 Å². The van der Waals surface area contributed by atoms with Crippen molar-refractivity contribution in [2.45, 2.75) is 25.3 Å². The molecule has 0 atom stereocenters. The summed E-state index contributed by atoms with van der Waals surface area (Å²) in [6.07, 6.45) is 3.30. The maximum Gasteiger partial charge on any atom is 0.254 e. The number of halogens is 1. The Hall–Kier alpha value is -1.62. The lowest BCUT2D eigenvalue weighted by molar-refractivity contribution is 0.0949. The number of benzene rings is 1. The summed E-state index contributed by atoms with van der Waals surface area (Å²) in [5, 5.41) is 15.0. The highest BCUT2D eigenvalue weighted by Crippen LogP contribution is 2.18. The van der Waals surface area contributed by atoms with Crippen LogP contribution >= 0.6 is 0 Å². The molecule has 0 unspecified atom stereocenters. The molecule has 1 fully saturated rings. The molecule has 0 saturated heterocycles. The molecule has 0 aliphatic heterocycles. The average molecular weight is 252 g/mol. The summed E-state index contributed by atoms with van der Waals surface area (Å²) in [5.41, 5.74) is -0.0389. The maximum atomic E-state index is 13.4. The van der Waals surface area contributed by atoms with Crippen LogP contribution in [0.3, 0.4) is 0 Å². The lowest BCUT2D eigenvalue weighted by atomic mass is 10.2. The van der Waals surface area contributed by atoms with E-state index < -0.39 is 11.7 Å². The van der Waals surface area contributed by atoms with Gasteiger partial charge < -0.3 is 15.7 Å². The lowest BCUT2D eigenvalue weighted by Gasteiger charge is -2.07. The molecule has 0 bridgehead atoms. The van der Waals surface area contributed by atoms with Gasteiger partial charge in [0.15, 0.2) is 0 Å². The number of phenolic OH excluding ortho intramolecular Hbond substituents is 1. The highest BCUT2D eigenvalue weighted by atomic mass is 19.1. The number of aromatic hydroxyl groups is 1. The summed E-state index contributed by atoms with van der Waals surface area (Å²) in [6.45, 7) is 1.38. The van der Waals surface area contributed by atoms with Crippen molar-refractivity contribution in [2.75, 3.05) is 13.1 Å². The number of amides is 1. The summed E-state index contributed by atoms with van der Waals surface area (Å²) in [5.74, 6) is -1.33. The van der Waals surface area contributed by atoms with Gasteiger partial charge >= 0.3 is 0 Å². The van der Waals surface area contributed by atoms with Crippen LogP contribution in [0.2, 0.25) is 0 Å². The molecule has 18 heavy (non-hydrogen) atoms. The average Bonchev–Trinajstić information content (AvgIpc) is 3.12. The van der Waals surface area contributed by atoms with E-state index in [9.17, 15) is 9.18 Å². The first-order chi connectivity index (χ1) is 8.66. The van der Waals surface area contributed by atoms with Crippen molar-refractivity contribution >= 4 is 5.91 Å². The molecule has 0 aromatic heterocycles. The van der Waals surface area contributed by atoms with Gasteiger partial charge in [0, 0.05) is 18.7 Å². The van der Waals surface area contributed by atoms with Crippen LogP contribution in [-0.4, -0.2) is 30.1 Å². The van der Waals surface area contributed by atoms with Crippen molar-refractivity contribution in [1.29, 1.82) is 0 Å². The minimum Gasteiger partial charge on any atom is -0.508 e. The van der Waals surface area contributed by atoms with Crippen LogP contribution in [0, 0.1) is 5.82 Å². The fourth-order valence-electron chi connectivity index (χ4n) is 1.67. The first kappa shape index (κ1) is 12.8. The molecular formula is C13H17FN2O2. The lowest BCUT2D eigenvalue weighted by Crippen LogP contribution is -2.28. The summed E-state index contributed by atoms with van der Waals surface area (Å²) < 4.78 is 13.4. The van der Waals surface area contributed by atoms with E-state index in [-0.39, 0.29) is 11.3 Å². The van der Waals surface area contributed by atoms with E-state index in [1.165, 1.54) is 25.0 Å². The first-order valence-electron chi connectivity index (χ1n) is 6.17. The molecule has 1 saturated carbocycles. The zero-order valence-electron chi connectivity index (χ0n) is 10.1. The molecule has 1 amide bonds.